The van der Waals surface area contributed by atoms with Crippen molar-refractivity contribution in [2.24, 2.45) is 0 Å². The number of carbonyl (C=O) groups excluding carboxylic acids is 2. The fourth-order valence-electron chi connectivity index (χ4n) is 5.72. The minimum absolute atomic E-state index is 0.0640. The van der Waals surface area contributed by atoms with Crippen LogP contribution in [-0.4, -0.2) is 89.8 Å². The highest BCUT2D eigenvalue weighted by Crippen LogP contribution is 2.33. The fourth-order valence-corrected chi connectivity index (χ4v) is 5.72. The smallest absolute Gasteiger partial charge is 0.410 e. The molecule has 1 aliphatic carbocycles. The number of carbonyl (C=O) groups is 2. The van der Waals surface area contributed by atoms with E-state index in [1.807, 2.05) is 18.7 Å². The largest absolute Gasteiger partial charge is 0.447 e. The van der Waals surface area contributed by atoms with Gasteiger partial charge in [0.15, 0.2) is 0 Å². The minimum atomic E-state index is -0.176. The number of amides is 2. The number of likely N-dealkylation sites (tertiary alicyclic amines) is 2. The first kappa shape index (κ1) is 20.9. The van der Waals surface area contributed by atoms with Crippen LogP contribution in [0.5, 0.6) is 0 Å². The van der Waals surface area contributed by atoms with E-state index in [9.17, 15) is 9.59 Å². The molecule has 4 aliphatic rings. The molecule has 0 unspecified atom stereocenters. The first-order valence-electron chi connectivity index (χ1n) is 11.7. The molecule has 4 rings (SSSR count). The van der Waals surface area contributed by atoms with Gasteiger partial charge in [-0.3, -0.25) is 4.79 Å². The van der Waals surface area contributed by atoms with E-state index < -0.39 is 0 Å². The summed E-state index contributed by atoms with van der Waals surface area (Å²) in [6.07, 6.45) is 8.81. The van der Waals surface area contributed by atoms with Crippen LogP contribution in [0, 0.1) is 0 Å². The van der Waals surface area contributed by atoms with E-state index in [4.69, 9.17) is 9.47 Å². The van der Waals surface area contributed by atoms with Gasteiger partial charge in [-0.15, -0.1) is 0 Å². The Bertz CT molecular complexity index is 583. The van der Waals surface area contributed by atoms with E-state index in [1.165, 1.54) is 12.8 Å². The zero-order valence-corrected chi connectivity index (χ0v) is 18.1. The summed E-state index contributed by atoms with van der Waals surface area (Å²) in [6, 6.07) is 1.22. The Hall–Kier alpha value is -1.34. The molecular formula is C22H37N3O4. The summed E-state index contributed by atoms with van der Waals surface area (Å²) in [4.78, 5) is 31.4. The molecule has 0 radical (unpaired) electrons. The molecule has 7 nitrogen and oxygen atoms in total. The Morgan fingerprint density at radius 1 is 0.966 bits per heavy atom. The standard InChI is InChI=1S/C22H37N3O4/c1-16(2)29-22(27)24-13-7-17(8-14-24)23-11-9-18(10-12-23)25-19-5-3-4-6-20(19)28-15-21(25)26/h16-20H,3-15H2,1-2H3/t19-,20-/m1/s1. The van der Waals surface area contributed by atoms with E-state index in [0.29, 0.717) is 18.1 Å². The second kappa shape index (κ2) is 9.21. The fraction of sp³-hybridized carbons (Fsp3) is 0.909. The number of morpholine rings is 1. The van der Waals surface area contributed by atoms with Gasteiger partial charge in [0.25, 0.3) is 0 Å². The number of rotatable bonds is 3. The highest BCUT2D eigenvalue weighted by atomic mass is 16.6. The van der Waals surface area contributed by atoms with E-state index in [2.05, 4.69) is 9.80 Å². The monoisotopic (exact) mass is 407 g/mol. The lowest BCUT2D eigenvalue weighted by molar-refractivity contribution is -0.167. The summed E-state index contributed by atoms with van der Waals surface area (Å²) < 4.78 is 11.2. The normalized spacial score (nSPS) is 30.5. The maximum atomic E-state index is 12.6. The van der Waals surface area contributed by atoms with Crippen molar-refractivity contribution < 1.29 is 19.1 Å². The van der Waals surface area contributed by atoms with Crippen molar-refractivity contribution in [3.63, 3.8) is 0 Å². The molecule has 0 aromatic carbocycles. The van der Waals surface area contributed by atoms with Crippen LogP contribution < -0.4 is 0 Å². The van der Waals surface area contributed by atoms with E-state index >= 15 is 0 Å². The number of piperidine rings is 2. The molecule has 3 saturated heterocycles. The van der Waals surface area contributed by atoms with Crippen LogP contribution in [-0.2, 0) is 14.3 Å². The van der Waals surface area contributed by atoms with Crippen LogP contribution in [0.4, 0.5) is 4.79 Å². The lowest BCUT2D eigenvalue weighted by Gasteiger charge is -2.50. The Kier molecular flexibility index (Phi) is 6.64. The zero-order valence-electron chi connectivity index (χ0n) is 18.1. The summed E-state index contributed by atoms with van der Waals surface area (Å²) >= 11 is 0. The topological polar surface area (TPSA) is 62.3 Å². The van der Waals surface area contributed by atoms with Crippen molar-refractivity contribution in [2.45, 2.75) is 95.5 Å². The van der Waals surface area contributed by atoms with Crippen LogP contribution in [0.15, 0.2) is 0 Å². The van der Waals surface area contributed by atoms with Crippen LogP contribution in [0.1, 0.15) is 65.2 Å². The Balaban J connectivity index is 1.26. The molecule has 29 heavy (non-hydrogen) atoms. The van der Waals surface area contributed by atoms with Crippen molar-refractivity contribution in [1.82, 2.24) is 14.7 Å². The molecule has 0 N–H and O–H groups in total. The molecule has 2 atom stereocenters. The van der Waals surface area contributed by atoms with Crippen LogP contribution in [0.3, 0.4) is 0 Å². The van der Waals surface area contributed by atoms with Gasteiger partial charge in [0, 0.05) is 38.3 Å². The predicted octanol–water partition coefficient (Wildman–Crippen LogP) is 2.63. The molecule has 0 aromatic heterocycles. The molecular weight excluding hydrogens is 370 g/mol. The average molecular weight is 408 g/mol. The second-order valence-electron chi connectivity index (χ2n) is 9.42. The second-order valence-corrected chi connectivity index (χ2v) is 9.42. The molecule has 0 bridgehead atoms. The van der Waals surface area contributed by atoms with Crippen molar-refractivity contribution >= 4 is 12.0 Å². The van der Waals surface area contributed by atoms with Gasteiger partial charge >= 0.3 is 6.09 Å². The number of nitrogens with zero attached hydrogens (tertiary/aromatic N) is 3. The Morgan fingerprint density at radius 3 is 2.31 bits per heavy atom. The highest BCUT2D eigenvalue weighted by molar-refractivity contribution is 5.79. The summed E-state index contributed by atoms with van der Waals surface area (Å²) in [5, 5.41) is 0. The molecule has 0 aromatic rings. The number of fused-ring (bicyclic) bond motifs is 1. The minimum Gasteiger partial charge on any atom is -0.447 e. The summed E-state index contributed by atoms with van der Waals surface area (Å²) in [5.74, 6) is 0.198. The van der Waals surface area contributed by atoms with Gasteiger partial charge in [-0.05, 0) is 52.4 Å². The van der Waals surface area contributed by atoms with Gasteiger partial charge in [-0.25, -0.2) is 4.79 Å². The number of hydrogen-bond donors (Lipinski definition) is 0. The number of ether oxygens (including phenoxy) is 2. The third kappa shape index (κ3) is 4.71. The van der Waals surface area contributed by atoms with Crippen LogP contribution in [0.25, 0.3) is 0 Å². The predicted molar refractivity (Wildman–Crippen MR) is 110 cm³/mol. The van der Waals surface area contributed by atoms with Gasteiger partial charge in [-0.2, -0.15) is 0 Å². The maximum Gasteiger partial charge on any atom is 0.410 e. The van der Waals surface area contributed by atoms with Crippen LogP contribution in [0.2, 0.25) is 0 Å². The summed E-state index contributed by atoms with van der Waals surface area (Å²) in [6.45, 7) is 7.71. The molecule has 1 saturated carbocycles. The first-order chi connectivity index (χ1) is 14.0. The molecule has 164 valence electrons. The van der Waals surface area contributed by atoms with E-state index in [1.54, 1.807) is 0 Å². The highest BCUT2D eigenvalue weighted by Gasteiger charge is 2.42. The van der Waals surface area contributed by atoms with Crippen molar-refractivity contribution in [1.29, 1.82) is 0 Å². The third-order valence-electron chi connectivity index (χ3n) is 7.20. The van der Waals surface area contributed by atoms with Gasteiger partial charge in [-0.1, -0.05) is 12.8 Å². The zero-order chi connectivity index (χ0) is 20.4. The van der Waals surface area contributed by atoms with E-state index in [0.717, 1.165) is 64.7 Å². The van der Waals surface area contributed by atoms with Crippen molar-refractivity contribution in [3.05, 3.63) is 0 Å². The Labute approximate surface area is 174 Å². The summed E-state index contributed by atoms with van der Waals surface area (Å²) in [7, 11) is 0. The molecule has 4 fully saturated rings. The molecule has 3 heterocycles. The quantitative estimate of drug-likeness (QED) is 0.720. The van der Waals surface area contributed by atoms with E-state index in [-0.39, 0.29) is 30.8 Å². The molecule has 2 amide bonds. The van der Waals surface area contributed by atoms with Gasteiger partial charge in [0.05, 0.1) is 18.2 Å². The van der Waals surface area contributed by atoms with Crippen molar-refractivity contribution in [3.8, 4) is 0 Å². The maximum absolute atomic E-state index is 12.6. The van der Waals surface area contributed by atoms with Gasteiger partial charge in [0.1, 0.15) is 6.61 Å². The lowest BCUT2D eigenvalue weighted by atomic mass is 9.87. The first-order valence-corrected chi connectivity index (χ1v) is 11.7. The van der Waals surface area contributed by atoms with Gasteiger partial charge in [0.2, 0.25) is 5.91 Å². The lowest BCUT2D eigenvalue weighted by Crippen LogP contribution is -2.61. The Morgan fingerprint density at radius 2 is 1.62 bits per heavy atom. The molecule has 7 heteroatoms. The average Bonchev–Trinajstić information content (AvgIpc) is 2.73. The van der Waals surface area contributed by atoms with Crippen molar-refractivity contribution in [2.75, 3.05) is 32.8 Å². The third-order valence-corrected chi connectivity index (χ3v) is 7.20. The number of hydrogen-bond acceptors (Lipinski definition) is 5. The molecule has 3 aliphatic heterocycles. The summed E-state index contributed by atoms with van der Waals surface area (Å²) in [5.41, 5.74) is 0. The van der Waals surface area contributed by atoms with Crippen LogP contribution >= 0.6 is 0 Å². The van der Waals surface area contributed by atoms with Gasteiger partial charge < -0.3 is 24.2 Å². The SMILES string of the molecule is CC(C)OC(=O)N1CCC(N2CCC(N3C(=O)CO[C@@H]4CCCC[C@H]43)CC2)CC1. The molecule has 0 spiro atoms.